The molecular formula is C18H21N3O3. The van der Waals surface area contributed by atoms with Crippen molar-refractivity contribution in [1.29, 1.82) is 0 Å². The van der Waals surface area contributed by atoms with Crippen molar-refractivity contribution in [3.8, 4) is 0 Å². The Hall–Kier alpha value is -2.37. The Morgan fingerprint density at radius 2 is 1.88 bits per heavy atom. The van der Waals surface area contributed by atoms with E-state index >= 15 is 0 Å². The predicted molar refractivity (Wildman–Crippen MR) is 87.1 cm³/mol. The molecule has 6 nitrogen and oxygen atoms in total. The van der Waals surface area contributed by atoms with E-state index in [1.54, 1.807) is 9.80 Å². The van der Waals surface area contributed by atoms with Crippen molar-refractivity contribution < 1.29 is 14.4 Å². The van der Waals surface area contributed by atoms with Crippen molar-refractivity contribution in [2.45, 2.75) is 37.8 Å². The van der Waals surface area contributed by atoms with E-state index in [0.717, 1.165) is 18.4 Å². The Bertz CT molecular complexity index is 653. The van der Waals surface area contributed by atoms with E-state index < -0.39 is 0 Å². The number of amides is 4. The van der Waals surface area contributed by atoms with E-state index in [9.17, 15) is 14.4 Å². The molecule has 1 aromatic rings. The lowest BCUT2D eigenvalue weighted by Gasteiger charge is -2.23. The van der Waals surface area contributed by atoms with Crippen LogP contribution >= 0.6 is 0 Å². The Kier molecular flexibility index (Phi) is 3.75. The third-order valence-electron chi connectivity index (χ3n) is 5.31. The van der Waals surface area contributed by atoms with Crippen molar-refractivity contribution in [2.75, 3.05) is 19.6 Å². The van der Waals surface area contributed by atoms with Crippen LogP contribution in [0.1, 0.15) is 24.8 Å². The molecule has 0 spiro atoms. The van der Waals surface area contributed by atoms with Crippen LogP contribution in [0, 0.1) is 0 Å². The number of urea groups is 1. The van der Waals surface area contributed by atoms with Gasteiger partial charge in [0.05, 0.1) is 12.5 Å². The molecule has 3 saturated heterocycles. The third-order valence-corrected chi connectivity index (χ3v) is 5.31. The van der Waals surface area contributed by atoms with E-state index in [-0.39, 0.29) is 29.9 Å². The second-order valence-corrected chi connectivity index (χ2v) is 6.79. The van der Waals surface area contributed by atoms with Crippen LogP contribution in [0.15, 0.2) is 30.3 Å². The second-order valence-electron chi connectivity index (χ2n) is 6.79. The first kappa shape index (κ1) is 15.2. The lowest BCUT2D eigenvalue weighted by Crippen LogP contribution is -2.44. The smallest absolute Gasteiger partial charge is 0.327 e. The molecule has 24 heavy (non-hydrogen) atoms. The molecule has 4 amide bonds. The summed E-state index contributed by atoms with van der Waals surface area (Å²) in [5.41, 5.74) is 0.986. The van der Waals surface area contributed by atoms with Gasteiger partial charge in [0.2, 0.25) is 5.91 Å². The molecule has 0 bridgehead atoms. The van der Waals surface area contributed by atoms with Gasteiger partial charge in [0, 0.05) is 19.6 Å². The monoisotopic (exact) mass is 327 g/mol. The van der Waals surface area contributed by atoms with Gasteiger partial charge < -0.3 is 9.80 Å². The highest BCUT2D eigenvalue weighted by Gasteiger charge is 2.51. The zero-order valence-corrected chi connectivity index (χ0v) is 13.6. The summed E-state index contributed by atoms with van der Waals surface area (Å²) in [6, 6.07) is 9.05. The predicted octanol–water partition coefficient (Wildman–Crippen LogP) is 1.26. The van der Waals surface area contributed by atoms with Gasteiger partial charge in [-0.1, -0.05) is 30.3 Å². The number of carbonyl (C=O) groups excluding carboxylic acids is 3. The minimum atomic E-state index is -0.258. The van der Waals surface area contributed by atoms with Crippen LogP contribution in [0.5, 0.6) is 0 Å². The van der Waals surface area contributed by atoms with E-state index in [0.29, 0.717) is 32.5 Å². The van der Waals surface area contributed by atoms with Crippen LogP contribution in [-0.2, 0) is 16.0 Å². The Morgan fingerprint density at radius 3 is 2.62 bits per heavy atom. The molecule has 0 aromatic heterocycles. The first-order chi connectivity index (χ1) is 11.6. The van der Waals surface area contributed by atoms with Crippen molar-refractivity contribution >= 4 is 17.8 Å². The van der Waals surface area contributed by atoms with Crippen molar-refractivity contribution in [1.82, 2.24) is 14.7 Å². The van der Waals surface area contributed by atoms with Crippen molar-refractivity contribution in [2.24, 2.45) is 0 Å². The zero-order valence-electron chi connectivity index (χ0n) is 13.6. The maximum absolute atomic E-state index is 12.5. The standard InChI is InChI=1S/C18H21N3O3/c22-16(11-13-5-2-1-3-6-13)19-10-8-14(12-19)21-17(23)15-7-4-9-20(15)18(21)24/h1-3,5-6,14-15H,4,7-12H2/t14-,15+/m0/s1. The summed E-state index contributed by atoms with van der Waals surface area (Å²) in [7, 11) is 0. The van der Waals surface area contributed by atoms with Gasteiger partial charge in [0.1, 0.15) is 6.04 Å². The maximum Gasteiger partial charge on any atom is 0.327 e. The minimum Gasteiger partial charge on any atom is -0.340 e. The molecule has 0 unspecified atom stereocenters. The van der Waals surface area contributed by atoms with E-state index in [4.69, 9.17) is 0 Å². The molecular weight excluding hydrogens is 306 g/mol. The molecule has 4 rings (SSSR count). The summed E-state index contributed by atoms with van der Waals surface area (Å²) >= 11 is 0. The molecule has 1 aromatic carbocycles. The molecule has 3 fully saturated rings. The highest BCUT2D eigenvalue weighted by molar-refractivity contribution is 6.05. The van der Waals surface area contributed by atoms with Crippen LogP contribution in [0.25, 0.3) is 0 Å². The second kappa shape index (κ2) is 5.92. The highest BCUT2D eigenvalue weighted by Crippen LogP contribution is 2.31. The molecule has 3 aliphatic heterocycles. The van der Waals surface area contributed by atoms with E-state index in [1.165, 1.54) is 4.90 Å². The topological polar surface area (TPSA) is 60.9 Å². The summed E-state index contributed by atoms with van der Waals surface area (Å²) in [5.74, 6) is -0.0110. The van der Waals surface area contributed by atoms with Gasteiger partial charge in [-0.25, -0.2) is 4.79 Å². The SMILES string of the molecule is O=C(Cc1ccccc1)N1CC[C@H](N2C(=O)[C@H]3CCCN3C2=O)C1. The van der Waals surface area contributed by atoms with Gasteiger partial charge in [-0.05, 0) is 24.8 Å². The molecule has 3 heterocycles. The van der Waals surface area contributed by atoms with Gasteiger partial charge in [-0.2, -0.15) is 0 Å². The van der Waals surface area contributed by atoms with Crippen LogP contribution in [0.4, 0.5) is 4.79 Å². The lowest BCUT2D eigenvalue weighted by atomic mass is 10.1. The molecule has 3 aliphatic rings. The van der Waals surface area contributed by atoms with Gasteiger partial charge in [-0.15, -0.1) is 0 Å². The fourth-order valence-electron chi connectivity index (χ4n) is 4.04. The number of likely N-dealkylation sites (tertiary alicyclic amines) is 1. The fourth-order valence-corrected chi connectivity index (χ4v) is 4.04. The van der Waals surface area contributed by atoms with Gasteiger partial charge in [-0.3, -0.25) is 14.5 Å². The maximum atomic E-state index is 12.5. The van der Waals surface area contributed by atoms with Crippen molar-refractivity contribution in [3.63, 3.8) is 0 Å². The quantitative estimate of drug-likeness (QED) is 0.785. The Balaban J connectivity index is 1.41. The number of fused-ring (bicyclic) bond motifs is 1. The first-order valence-corrected chi connectivity index (χ1v) is 8.60. The number of hydrogen-bond acceptors (Lipinski definition) is 3. The van der Waals surface area contributed by atoms with Gasteiger partial charge in [0.15, 0.2) is 0 Å². The molecule has 0 saturated carbocycles. The van der Waals surface area contributed by atoms with Crippen LogP contribution in [0.3, 0.4) is 0 Å². The number of benzene rings is 1. The van der Waals surface area contributed by atoms with Gasteiger partial charge in [0.25, 0.3) is 5.91 Å². The molecule has 0 radical (unpaired) electrons. The van der Waals surface area contributed by atoms with Gasteiger partial charge >= 0.3 is 6.03 Å². The Labute approximate surface area is 141 Å². The van der Waals surface area contributed by atoms with E-state index in [1.807, 2.05) is 30.3 Å². The summed E-state index contributed by atoms with van der Waals surface area (Å²) in [4.78, 5) is 42.3. The first-order valence-electron chi connectivity index (χ1n) is 8.60. The summed E-state index contributed by atoms with van der Waals surface area (Å²) in [6.07, 6.45) is 2.72. The lowest BCUT2D eigenvalue weighted by molar-refractivity contribution is -0.132. The molecule has 0 N–H and O–H groups in total. The normalized spacial score (nSPS) is 26.4. The minimum absolute atomic E-state index is 0.0586. The number of hydrogen-bond donors (Lipinski definition) is 0. The fraction of sp³-hybridized carbons (Fsp3) is 0.500. The number of imide groups is 1. The highest BCUT2D eigenvalue weighted by atomic mass is 16.2. The molecule has 126 valence electrons. The summed E-state index contributed by atoms with van der Waals surface area (Å²) < 4.78 is 0. The van der Waals surface area contributed by atoms with Crippen molar-refractivity contribution in [3.05, 3.63) is 35.9 Å². The van der Waals surface area contributed by atoms with Crippen LogP contribution < -0.4 is 0 Å². The number of carbonyl (C=O) groups is 3. The average molecular weight is 327 g/mol. The largest absolute Gasteiger partial charge is 0.340 e. The molecule has 6 heteroatoms. The number of nitrogens with zero attached hydrogens (tertiary/aromatic N) is 3. The van der Waals surface area contributed by atoms with Crippen LogP contribution in [0.2, 0.25) is 0 Å². The average Bonchev–Trinajstić information content (AvgIpc) is 3.28. The summed E-state index contributed by atoms with van der Waals surface area (Å²) in [6.45, 7) is 1.75. The van der Waals surface area contributed by atoms with Crippen LogP contribution in [-0.4, -0.2) is 64.3 Å². The number of rotatable bonds is 3. The third kappa shape index (κ3) is 2.46. The van der Waals surface area contributed by atoms with E-state index in [2.05, 4.69) is 0 Å². The molecule has 0 aliphatic carbocycles. The zero-order chi connectivity index (χ0) is 16.7. The summed E-state index contributed by atoms with van der Waals surface area (Å²) in [5, 5.41) is 0. The molecule has 2 atom stereocenters. The Morgan fingerprint density at radius 1 is 1.08 bits per heavy atom.